The van der Waals surface area contributed by atoms with E-state index in [-0.39, 0.29) is 0 Å². The molecule has 0 aliphatic heterocycles. The van der Waals surface area contributed by atoms with Crippen molar-refractivity contribution >= 4 is 40.7 Å². The summed E-state index contributed by atoms with van der Waals surface area (Å²) in [5.41, 5.74) is 1.37. The fourth-order valence-corrected chi connectivity index (χ4v) is 2.37. The second-order valence-electron chi connectivity index (χ2n) is 4.65. The van der Waals surface area contributed by atoms with Gasteiger partial charge in [0.05, 0.1) is 34.7 Å². The number of aromatic nitrogens is 4. The predicted octanol–water partition coefficient (Wildman–Crippen LogP) is 3.61. The third-order valence-electron chi connectivity index (χ3n) is 3.07. The normalized spacial score (nSPS) is 10.5. The molecule has 0 unspecified atom stereocenters. The maximum absolute atomic E-state index is 12.0. The Morgan fingerprint density at radius 2 is 2.13 bits per heavy atom. The van der Waals surface area contributed by atoms with Gasteiger partial charge in [-0.15, -0.1) is 0 Å². The van der Waals surface area contributed by atoms with E-state index < -0.39 is 6.03 Å². The lowest BCUT2D eigenvalue weighted by Gasteiger charge is -2.11. The molecule has 3 aromatic rings. The minimum Gasteiger partial charge on any atom is -0.305 e. The van der Waals surface area contributed by atoms with Gasteiger partial charge in [-0.05, 0) is 11.6 Å². The topological polar surface area (TPSA) is 87.6 Å². The van der Waals surface area contributed by atoms with E-state index in [0.29, 0.717) is 28.1 Å². The zero-order valence-corrected chi connectivity index (χ0v) is 13.3. The summed E-state index contributed by atoms with van der Waals surface area (Å²) in [6.07, 6.45) is 4.66. The Balaban J connectivity index is 1.72. The van der Waals surface area contributed by atoms with Gasteiger partial charge in [-0.3, -0.25) is 10.4 Å². The maximum Gasteiger partial charge on any atom is 0.324 e. The Morgan fingerprint density at radius 1 is 1.26 bits per heavy atom. The van der Waals surface area contributed by atoms with Crippen LogP contribution in [-0.4, -0.2) is 26.0 Å². The van der Waals surface area contributed by atoms with E-state index >= 15 is 0 Å². The number of nitrogens with zero attached hydrogens (tertiary/aromatic N) is 3. The smallest absolute Gasteiger partial charge is 0.305 e. The van der Waals surface area contributed by atoms with Gasteiger partial charge in [-0.1, -0.05) is 35.3 Å². The van der Waals surface area contributed by atoms with Crippen LogP contribution in [0.3, 0.4) is 0 Å². The van der Waals surface area contributed by atoms with Gasteiger partial charge in [0, 0.05) is 12.3 Å². The number of hydrogen-bond acceptors (Lipinski definition) is 3. The fraction of sp³-hybridized carbons (Fsp3) is 0.0714. The molecule has 2 aromatic heterocycles. The first-order valence-electron chi connectivity index (χ1n) is 6.65. The van der Waals surface area contributed by atoms with Crippen molar-refractivity contribution in [2.75, 3.05) is 10.6 Å². The van der Waals surface area contributed by atoms with Crippen LogP contribution in [0.4, 0.5) is 16.3 Å². The molecule has 118 valence electrons. The lowest BCUT2D eigenvalue weighted by molar-refractivity contribution is 0.262. The van der Waals surface area contributed by atoms with Crippen LogP contribution in [0, 0.1) is 0 Å². The molecular formula is C14H12Cl2N6O. The van der Waals surface area contributed by atoms with E-state index in [4.69, 9.17) is 23.2 Å². The van der Waals surface area contributed by atoms with E-state index in [2.05, 4.69) is 25.9 Å². The van der Waals surface area contributed by atoms with Crippen LogP contribution in [-0.2, 0) is 6.54 Å². The Morgan fingerprint density at radius 3 is 2.91 bits per heavy atom. The van der Waals surface area contributed by atoms with E-state index in [9.17, 15) is 4.79 Å². The number of carbonyl (C=O) groups is 1. The SMILES string of the molecule is O=C(Nc1cn[nH]c1)Nc1ccnn1Cc1cccc(Cl)c1Cl. The first-order chi connectivity index (χ1) is 11.1. The summed E-state index contributed by atoms with van der Waals surface area (Å²) in [7, 11) is 0. The van der Waals surface area contributed by atoms with E-state index in [1.165, 1.54) is 6.20 Å². The number of benzene rings is 1. The van der Waals surface area contributed by atoms with Crippen LogP contribution in [0.1, 0.15) is 5.56 Å². The molecule has 3 rings (SSSR count). The number of hydrogen-bond donors (Lipinski definition) is 3. The van der Waals surface area contributed by atoms with Crippen LogP contribution in [0.25, 0.3) is 0 Å². The first-order valence-corrected chi connectivity index (χ1v) is 7.40. The monoisotopic (exact) mass is 350 g/mol. The van der Waals surface area contributed by atoms with Crippen molar-refractivity contribution in [1.82, 2.24) is 20.0 Å². The van der Waals surface area contributed by atoms with Gasteiger partial charge in [0.15, 0.2) is 0 Å². The molecule has 0 radical (unpaired) electrons. The molecule has 3 N–H and O–H groups in total. The summed E-state index contributed by atoms with van der Waals surface area (Å²) in [5.74, 6) is 0.530. The minimum absolute atomic E-state index is 0.383. The number of H-pyrrole nitrogens is 1. The predicted molar refractivity (Wildman–Crippen MR) is 89.0 cm³/mol. The maximum atomic E-state index is 12.0. The number of halogens is 2. The summed E-state index contributed by atoms with van der Waals surface area (Å²) >= 11 is 12.2. The number of carbonyl (C=O) groups excluding carboxylic acids is 1. The van der Waals surface area contributed by atoms with Crippen molar-refractivity contribution in [2.24, 2.45) is 0 Å². The molecule has 23 heavy (non-hydrogen) atoms. The molecule has 1 aromatic carbocycles. The molecule has 9 heteroatoms. The molecule has 0 fully saturated rings. The molecule has 7 nitrogen and oxygen atoms in total. The van der Waals surface area contributed by atoms with E-state index in [0.717, 1.165) is 5.56 Å². The van der Waals surface area contributed by atoms with Crippen molar-refractivity contribution in [1.29, 1.82) is 0 Å². The van der Waals surface area contributed by atoms with Crippen LogP contribution >= 0.6 is 23.2 Å². The molecule has 0 saturated heterocycles. The summed E-state index contributed by atoms with van der Waals surface area (Å²) in [6.45, 7) is 0.383. The second kappa shape index (κ2) is 6.72. The van der Waals surface area contributed by atoms with Crippen molar-refractivity contribution in [3.8, 4) is 0 Å². The highest BCUT2D eigenvalue weighted by Gasteiger charge is 2.11. The lowest BCUT2D eigenvalue weighted by Crippen LogP contribution is -2.21. The number of urea groups is 1. The summed E-state index contributed by atoms with van der Waals surface area (Å²) < 4.78 is 1.62. The van der Waals surface area contributed by atoms with Crippen molar-refractivity contribution in [2.45, 2.75) is 6.54 Å². The number of anilines is 2. The van der Waals surface area contributed by atoms with Crippen molar-refractivity contribution in [3.63, 3.8) is 0 Å². The fourth-order valence-electron chi connectivity index (χ4n) is 1.99. The molecule has 0 spiro atoms. The molecule has 0 aliphatic rings. The van der Waals surface area contributed by atoms with Gasteiger partial charge in [0.1, 0.15) is 5.82 Å². The first kappa shape index (κ1) is 15.4. The molecule has 0 atom stereocenters. The van der Waals surface area contributed by atoms with Gasteiger partial charge >= 0.3 is 6.03 Å². The highest BCUT2D eigenvalue weighted by molar-refractivity contribution is 6.42. The Bertz CT molecular complexity index is 815. The molecule has 2 amide bonds. The lowest BCUT2D eigenvalue weighted by atomic mass is 10.2. The molecule has 0 saturated carbocycles. The quantitative estimate of drug-likeness (QED) is 0.671. The highest BCUT2D eigenvalue weighted by atomic mass is 35.5. The summed E-state index contributed by atoms with van der Waals surface area (Å²) in [6, 6.07) is 6.67. The molecule has 0 aliphatic carbocycles. The molecular weight excluding hydrogens is 339 g/mol. The summed E-state index contributed by atoms with van der Waals surface area (Å²) in [5, 5.41) is 16.9. The highest BCUT2D eigenvalue weighted by Crippen LogP contribution is 2.26. The largest absolute Gasteiger partial charge is 0.324 e. The van der Waals surface area contributed by atoms with Gasteiger partial charge in [0.2, 0.25) is 0 Å². The number of nitrogens with one attached hydrogen (secondary N) is 3. The Kier molecular flexibility index (Phi) is 4.50. The van der Waals surface area contributed by atoms with Crippen molar-refractivity contribution < 1.29 is 4.79 Å². The van der Waals surface area contributed by atoms with Gasteiger partial charge in [-0.2, -0.15) is 10.2 Å². The zero-order chi connectivity index (χ0) is 16.2. The van der Waals surface area contributed by atoms with Gasteiger partial charge in [0.25, 0.3) is 0 Å². The van der Waals surface area contributed by atoms with Gasteiger partial charge < -0.3 is 5.32 Å². The van der Waals surface area contributed by atoms with Crippen molar-refractivity contribution in [3.05, 3.63) is 58.5 Å². The minimum atomic E-state index is -0.398. The van der Waals surface area contributed by atoms with Gasteiger partial charge in [-0.25, -0.2) is 9.48 Å². The Labute approximate surface area is 141 Å². The summed E-state index contributed by atoms with van der Waals surface area (Å²) in [4.78, 5) is 12.0. The number of amides is 2. The second-order valence-corrected chi connectivity index (χ2v) is 5.44. The number of rotatable bonds is 4. The molecule has 0 bridgehead atoms. The van der Waals surface area contributed by atoms with Crippen LogP contribution in [0.5, 0.6) is 0 Å². The third kappa shape index (κ3) is 3.64. The van der Waals surface area contributed by atoms with E-state index in [1.807, 2.05) is 12.1 Å². The molecule has 2 heterocycles. The Hall–Kier alpha value is -2.51. The van der Waals surface area contributed by atoms with E-state index in [1.54, 1.807) is 29.2 Å². The van der Waals surface area contributed by atoms with Crippen LogP contribution in [0.2, 0.25) is 10.0 Å². The average Bonchev–Trinajstić information content (AvgIpc) is 3.16. The standard InChI is InChI=1S/C14H12Cl2N6O/c15-11-3-1-2-9(13(11)16)8-22-12(4-5-19-22)21-14(23)20-10-6-17-18-7-10/h1-7H,8H2,(H,17,18)(H2,20,21,23). The third-order valence-corrected chi connectivity index (χ3v) is 3.92. The van der Waals surface area contributed by atoms with Crippen LogP contribution in [0.15, 0.2) is 42.9 Å². The van der Waals surface area contributed by atoms with Crippen LogP contribution < -0.4 is 10.6 Å². The average molecular weight is 351 g/mol. The number of aromatic amines is 1. The zero-order valence-electron chi connectivity index (χ0n) is 11.8.